The van der Waals surface area contributed by atoms with Crippen LogP contribution in [-0.4, -0.2) is 19.0 Å². The first-order valence-electron chi connectivity index (χ1n) is 7.79. The van der Waals surface area contributed by atoms with Gasteiger partial charge in [-0.3, -0.25) is 4.79 Å². The second kappa shape index (κ2) is 7.21. The Balaban J connectivity index is 2.04. The average molecular weight is 329 g/mol. The van der Waals surface area contributed by atoms with Gasteiger partial charge >= 0.3 is 6.03 Å². The van der Waals surface area contributed by atoms with Crippen LogP contribution in [0.15, 0.2) is 28.7 Å². The zero-order valence-corrected chi connectivity index (χ0v) is 14.6. The molecule has 128 valence electrons. The van der Waals surface area contributed by atoms with E-state index in [0.29, 0.717) is 11.3 Å². The lowest BCUT2D eigenvalue weighted by molar-refractivity contribution is 0.0963. The van der Waals surface area contributed by atoms with Gasteiger partial charge in [0.15, 0.2) is 0 Å². The van der Waals surface area contributed by atoms with Crippen molar-refractivity contribution >= 4 is 17.6 Å². The molecule has 2 rings (SSSR count). The van der Waals surface area contributed by atoms with Crippen molar-refractivity contribution in [2.24, 2.45) is 0 Å². The van der Waals surface area contributed by atoms with Gasteiger partial charge in [-0.15, -0.1) is 0 Å². The molecule has 1 heterocycles. The molecule has 0 spiro atoms. The molecule has 0 radical (unpaired) electrons. The molecule has 6 nitrogen and oxygen atoms in total. The van der Waals surface area contributed by atoms with E-state index in [1.54, 1.807) is 25.2 Å². The zero-order chi connectivity index (χ0) is 17.9. The summed E-state index contributed by atoms with van der Waals surface area (Å²) in [6, 6.07) is 6.57. The maximum atomic E-state index is 12.2. The van der Waals surface area contributed by atoms with E-state index in [-0.39, 0.29) is 18.0 Å². The molecule has 0 bridgehead atoms. The van der Waals surface area contributed by atoms with Gasteiger partial charge in [0.1, 0.15) is 11.5 Å². The number of aryl methyl sites for hydroxylation is 3. The van der Waals surface area contributed by atoms with Gasteiger partial charge in [-0.2, -0.15) is 0 Å². The minimum atomic E-state index is -0.309. The fourth-order valence-electron chi connectivity index (χ4n) is 2.60. The van der Waals surface area contributed by atoms with Crippen LogP contribution < -0.4 is 16.0 Å². The van der Waals surface area contributed by atoms with Crippen molar-refractivity contribution in [2.75, 3.05) is 12.4 Å². The van der Waals surface area contributed by atoms with Gasteiger partial charge in [0.2, 0.25) is 0 Å². The summed E-state index contributed by atoms with van der Waals surface area (Å²) in [5, 5.41) is 8.27. The van der Waals surface area contributed by atoms with Gasteiger partial charge in [-0.25, -0.2) is 4.79 Å². The monoisotopic (exact) mass is 329 g/mol. The molecule has 24 heavy (non-hydrogen) atoms. The van der Waals surface area contributed by atoms with Gasteiger partial charge in [0, 0.05) is 23.9 Å². The van der Waals surface area contributed by atoms with Crippen LogP contribution in [0.25, 0.3) is 0 Å². The molecule has 1 atom stereocenters. The minimum Gasteiger partial charge on any atom is -0.466 e. The molecular weight excluding hydrogens is 306 g/mol. The SMILES string of the molecule is CNC(=O)c1ccc(NC(=O)N[C@@H](C)c2cc(C)oc2C)c(C)c1. The van der Waals surface area contributed by atoms with E-state index < -0.39 is 0 Å². The van der Waals surface area contributed by atoms with Crippen LogP contribution in [0.5, 0.6) is 0 Å². The maximum absolute atomic E-state index is 12.2. The Morgan fingerprint density at radius 2 is 1.83 bits per heavy atom. The second-order valence-electron chi connectivity index (χ2n) is 5.80. The van der Waals surface area contributed by atoms with E-state index in [1.165, 1.54) is 0 Å². The van der Waals surface area contributed by atoms with E-state index in [1.807, 2.05) is 33.8 Å². The molecule has 1 aromatic heterocycles. The van der Waals surface area contributed by atoms with E-state index >= 15 is 0 Å². The van der Waals surface area contributed by atoms with Crippen molar-refractivity contribution in [2.45, 2.75) is 33.7 Å². The molecule has 1 aromatic carbocycles. The number of rotatable bonds is 4. The van der Waals surface area contributed by atoms with Crippen LogP contribution in [0.2, 0.25) is 0 Å². The lowest BCUT2D eigenvalue weighted by Gasteiger charge is -2.15. The third-order valence-electron chi connectivity index (χ3n) is 3.86. The lowest BCUT2D eigenvalue weighted by Crippen LogP contribution is -2.31. The summed E-state index contributed by atoms with van der Waals surface area (Å²) < 4.78 is 5.49. The maximum Gasteiger partial charge on any atom is 0.319 e. The van der Waals surface area contributed by atoms with Crippen molar-refractivity contribution in [3.8, 4) is 0 Å². The largest absolute Gasteiger partial charge is 0.466 e. The summed E-state index contributed by atoms with van der Waals surface area (Å²) in [4.78, 5) is 23.8. The molecule has 0 saturated heterocycles. The number of hydrogen-bond acceptors (Lipinski definition) is 3. The smallest absolute Gasteiger partial charge is 0.319 e. The van der Waals surface area contributed by atoms with Crippen molar-refractivity contribution in [3.63, 3.8) is 0 Å². The van der Waals surface area contributed by atoms with Gasteiger partial charge < -0.3 is 20.4 Å². The summed E-state index contributed by atoms with van der Waals surface area (Å²) in [5.41, 5.74) is 2.98. The molecule has 0 aliphatic heterocycles. The lowest BCUT2D eigenvalue weighted by atomic mass is 10.1. The van der Waals surface area contributed by atoms with Gasteiger partial charge in [0.05, 0.1) is 6.04 Å². The summed E-state index contributed by atoms with van der Waals surface area (Å²) in [5.74, 6) is 1.46. The number of amides is 3. The number of carbonyl (C=O) groups is 2. The van der Waals surface area contributed by atoms with Gasteiger partial charge in [0.25, 0.3) is 5.91 Å². The number of benzene rings is 1. The first-order chi connectivity index (χ1) is 11.3. The Kier molecular flexibility index (Phi) is 5.28. The molecule has 0 fully saturated rings. The van der Waals surface area contributed by atoms with E-state index in [2.05, 4.69) is 16.0 Å². The first-order valence-corrected chi connectivity index (χ1v) is 7.79. The predicted molar refractivity (Wildman–Crippen MR) is 93.3 cm³/mol. The van der Waals surface area contributed by atoms with Crippen LogP contribution in [0.3, 0.4) is 0 Å². The van der Waals surface area contributed by atoms with Crippen LogP contribution in [0.1, 0.15) is 46.0 Å². The van der Waals surface area contributed by atoms with Crippen LogP contribution >= 0.6 is 0 Å². The molecule has 0 unspecified atom stereocenters. The Morgan fingerprint density at radius 1 is 1.12 bits per heavy atom. The Morgan fingerprint density at radius 3 is 2.38 bits per heavy atom. The van der Waals surface area contributed by atoms with Gasteiger partial charge in [-0.05, 0) is 57.5 Å². The van der Waals surface area contributed by atoms with Crippen molar-refractivity contribution < 1.29 is 14.0 Å². The van der Waals surface area contributed by atoms with E-state index in [4.69, 9.17) is 4.42 Å². The highest BCUT2D eigenvalue weighted by atomic mass is 16.3. The second-order valence-corrected chi connectivity index (χ2v) is 5.80. The molecule has 0 aliphatic carbocycles. The highest BCUT2D eigenvalue weighted by Gasteiger charge is 2.15. The highest BCUT2D eigenvalue weighted by molar-refractivity contribution is 5.96. The molecule has 3 amide bonds. The summed E-state index contributed by atoms with van der Waals surface area (Å²) in [6.07, 6.45) is 0. The Labute approximate surface area is 141 Å². The highest BCUT2D eigenvalue weighted by Crippen LogP contribution is 2.22. The third kappa shape index (κ3) is 3.95. The molecule has 0 saturated carbocycles. The predicted octanol–water partition coefficient (Wildman–Crippen LogP) is 3.45. The third-order valence-corrected chi connectivity index (χ3v) is 3.86. The number of nitrogens with one attached hydrogen (secondary N) is 3. The topological polar surface area (TPSA) is 83.4 Å². The number of furan rings is 1. The van der Waals surface area contributed by atoms with Crippen molar-refractivity contribution in [1.29, 1.82) is 0 Å². The fraction of sp³-hybridized carbons (Fsp3) is 0.333. The molecule has 2 aromatic rings. The Bertz CT molecular complexity index is 765. The number of carbonyl (C=O) groups excluding carboxylic acids is 2. The summed E-state index contributed by atoms with van der Waals surface area (Å²) in [6.45, 7) is 7.49. The first kappa shape index (κ1) is 17.6. The molecule has 6 heteroatoms. The fourth-order valence-corrected chi connectivity index (χ4v) is 2.60. The van der Waals surface area contributed by atoms with E-state index in [0.717, 1.165) is 22.6 Å². The standard InChI is InChI=1S/C18H23N3O3/c1-10-8-14(17(22)19-5)6-7-16(10)21-18(23)20-12(3)15-9-11(2)24-13(15)4/h6-9,12H,1-5H3,(H,19,22)(H2,20,21,23)/t12-/m0/s1. The molecule has 3 N–H and O–H groups in total. The Hall–Kier alpha value is -2.76. The van der Waals surface area contributed by atoms with Crippen LogP contribution in [-0.2, 0) is 0 Å². The van der Waals surface area contributed by atoms with Gasteiger partial charge in [-0.1, -0.05) is 0 Å². The summed E-state index contributed by atoms with van der Waals surface area (Å²) >= 11 is 0. The zero-order valence-electron chi connectivity index (χ0n) is 14.6. The quantitative estimate of drug-likeness (QED) is 0.803. The number of anilines is 1. The average Bonchev–Trinajstić information content (AvgIpc) is 2.87. The normalized spacial score (nSPS) is 11.7. The van der Waals surface area contributed by atoms with Crippen LogP contribution in [0, 0.1) is 20.8 Å². The van der Waals surface area contributed by atoms with E-state index in [9.17, 15) is 9.59 Å². The van der Waals surface area contributed by atoms with Crippen molar-refractivity contribution in [3.05, 3.63) is 52.5 Å². The minimum absolute atomic E-state index is 0.159. The van der Waals surface area contributed by atoms with Crippen molar-refractivity contribution in [1.82, 2.24) is 10.6 Å². The number of hydrogen-bond donors (Lipinski definition) is 3. The van der Waals surface area contributed by atoms with Crippen LogP contribution in [0.4, 0.5) is 10.5 Å². The molecule has 0 aliphatic rings. The number of urea groups is 1. The summed E-state index contributed by atoms with van der Waals surface area (Å²) in [7, 11) is 1.58. The molecular formula is C18H23N3O3.